The zero-order valence-electron chi connectivity index (χ0n) is 48.1. The van der Waals surface area contributed by atoms with Crippen molar-refractivity contribution in [3.63, 3.8) is 0 Å². The third-order valence-corrected chi connectivity index (χ3v) is 15.6. The minimum atomic E-state index is -0.358. The summed E-state index contributed by atoms with van der Waals surface area (Å²) in [7, 11) is 0. The molecule has 7 rings (SSSR count). The van der Waals surface area contributed by atoms with E-state index in [0.717, 1.165) is 89.6 Å². The Labute approximate surface area is 449 Å². The molecule has 0 bridgehead atoms. The topological polar surface area (TPSA) is 75.6 Å². The highest BCUT2D eigenvalue weighted by Crippen LogP contribution is 2.46. The van der Waals surface area contributed by atoms with E-state index in [9.17, 15) is 5.11 Å². The maximum Gasteiger partial charge on any atom is 0.196 e. The van der Waals surface area contributed by atoms with Crippen LogP contribution in [0.1, 0.15) is 154 Å². The summed E-state index contributed by atoms with van der Waals surface area (Å²) in [5, 5.41) is 11.0. The first-order chi connectivity index (χ1) is 35.7. The van der Waals surface area contributed by atoms with Crippen LogP contribution >= 0.6 is 0 Å². The number of phenolic OH excluding ortho intramolecular Hbond substituents is 1. The first-order valence-corrected chi connectivity index (χ1v) is 27.0. The Morgan fingerprint density at radius 3 is 0.947 bits per heavy atom. The maximum atomic E-state index is 11.0. The summed E-state index contributed by atoms with van der Waals surface area (Å²) in [5.41, 5.74) is 24.8. The van der Waals surface area contributed by atoms with Gasteiger partial charge in [-0.15, -0.1) is 0 Å². The molecule has 7 nitrogen and oxygen atoms in total. The van der Waals surface area contributed by atoms with E-state index in [1.165, 1.54) is 50.1 Å². The molecule has 396 valence electrons. The monoisotopic (exact) mass is 1010 g/mol. The summed E-state index contributed by atoms with van der Waals surface area (Å²) in [6.45, 7) is 39.2. The highest BCUT2D eigenvalue weighted by Gasteiger charge is 2.29. The van der Waals surface area contributed by atoms with Gasteiger partial charge in [0.05, 0.1) is 0 Å². The van der Waals surface area contributed by atoms with Crippen LogP contribution in [-0.2, 0) is 14.2 Å². The molecule has 1 N–H and O–H groups in total. The Morgan fingerprint density at radius 2 is 0.640 bits per heavy atom. The van der Waals surface area contributed by atoms with Gasteiger partial charge < -0.3 is 33.5 Å². The zero-order chi connectivity index (χ0) is 54.6. The fourth-order valence-electron chi connectivity index (χ4n) is 11.1. The van der Waals surface area contributed by atoms with Gasteiger partial charge in [0.2, 0.25) is 0 Å². The fourth-order valence-corrected chi connectivity index (χ4v) is 11.1. The quantitative estimate of drug-likeness (QED) is 0.0602. The van der Waals surface area contributed by atoms with E-state index in [0.29, 0.717) is 25.6 Å². The van der Waals surface area contributed by atoms with Crippen LogP contribution in [0.2, 0.25) is 0 Å². The molecule has 75 heavy (non-hydrogen) atoms. The van der Waals surface area contributed by atoms with Crippen LogP contribution in [-0.4, -0.2) is 43.8 Å². The molecular weight excluding hydrogens is 929 g/mol. The van der Waals surface area contributed by atoms with Gasteiger partial charge >= 0.3 is 0 Å². The smallest absolute Gasteiger partial charge is 0.196 e. The summed E-state index contributed by atoms with van der Waals surface area (Å²) < 4.78 is 36.6. The second kappa shape index (κ2) is 24.1. The average Bonchev–Trinajstić information content (AvgIpc) is 3.40. The van der Waals surface area contributed by atoms with Crippen molar-refractivity contribution in [1.82, 2.24) is 0 Å². The van der Waals surface area contributed by atoms with Crippen molar-refractivity contribution in [1.29, 1.82) is 0 Å². The maximum absolute atomic E-state index is 11.0. The lowest BCUT2D eigenvalue weighted by atomic mass is 9.77. The number of benzene rings is 7. The second-order valence-corrected chi connectivity index (χ2v) is 20.6. The van der Waals surface area contributed by atoms with E-state index in [1.54, 1.807) is 0 Å². The van der Waals surface area contributed by atoms with Gasteiger partial charge in [-0.1, -0.05) is 91.0 Å². The molecule has 7 aromatic rings. The molecule has 4 unspecified atom stereocenters. The lowest BCUT2D eigenvalue weighted by Gasteiger charge is -2.29. The molecule has 7 aromatic carbocycles. The van der Waals surface area contributed by atoms with E-state index >= 15 is 0 Å². The minimum absolute atomic E-state index is 0.0653. The SMILES string of the molecule is CCOC(C)Oc1c(C)cc(C(c2ccc(-c3cccc(-c4ccc(C(c5cc(C)c(OC(C)OCC)c(C)c5C)c5cc(C)c(OC(C)OCC)c(C)c5C)cc4)c3)cc2)c2cc(C)c(O)c(C)c2C)c(C)c1C. The Bertz CT molecular complexity index is 3070. The Balaban J connectivity index is 1.28. The van der Waals surface area contributed by atoms with Crippen molar-refractivity contribution in [3.8, 4) is 45.3 Å². The molecule has 0 heterocycles. The van der Waals surface area contributed by atoms with Crippen molar-refractivity contribution in [2.45, 2.75) is 155 Å². The highest BCUT2D eigenvalue weighted by molar-refractivity contribution is 5.74. The van der Waals surface area contributed by atoms with Crippen LogP contribution in [0.25, 0.3) is 22.3 Å². The first kappa shape index (κ1) is 56.3. The van der Waals surface area contributed by atoms with Gasteiger partial charge in [-0.05, 0) is 253 Å². The van der Waals surface area contributed by atoms with Gasteiger partial charge in [0, 0.05) is 31.7 Å². The van der Waals surface area contributed by atoms with Crippen molar-refractivity contribution in [2.24, 2.45) is 0 Å². The minimum Gasteiger partial charge on any atom is -0.507 e. The number of ether oxygens (including phenoxy) is 6. The molecule has 0 saturated carbocycles. The van der Waals surface area contributed by atoms with Crippen molar-refractivity contribution in [2.75, 3.05) is 19.8 Å². The summed E-state index contributed by atoms with van der Waals surface area (Å²) in [6.07, 6.45) is -1.07. The van der Waals surface area contributed by atoms with Crippen LogP contribution in [0.4, 0.5) is 0 Å². The molecule has 0 spiro atoms. The standard InChI is InChI=1S/C68H82O7/c1-19-70-50(16)73-66-39(5)34-60(43(9)47(66)13)63(59-33-38(4)65(69)46(12)42(59)8)55-29-25-53(26-30-55)57-23-22-24-58(37-57)54-27-31-56(32-28-54)64(61-35-40(6)67(48(14)44(61)10)74-51(17)71-20-2)62-36-41(7)68(49(15)45(62)11)75-52(18)72-21-3/h22-37,50-52,63-64,69H,19-21H2,1-18H3. The van der Waals surface area contributed by atoms with Crippen LogP contribution in [0.15, 0.2) is 97.1 Å². The summed E-state index contributed by atoms with van der Waals surface area (Å²) in [6, 6.07) is 36.1. The van der Waals surface area contributed by atoms with Crippen LogP contribution in [0, 0.1) is 83.1 Å². The molecule has 0 aromatic heterocycles. The fraction of sp³-hybridized carbons (Fsp3) is 0.382. The molecule has 0 aliphatic rings. The number of aryl methyl sites for hydroxylation is 4. The molecule has 0 fully saturated rings. The number of rotatable bonds is 20. The molecule has 7 heteroatoms. The Morgan fingerprint density at radius 1 is 0.347 bits per heavy atom. The van der Waals surface area contributed by atoms with Crippen LogP contribution < -0.4 is 14.2 Å². The lowest BCUT2D eigenvalue weighted by molar-refractivity contribution is -0.0623. The third-order valence-electron chi connectivity index (χ3n) is 15.6. The normalized spacial score (nSPS) is 13.6. The van der Waals surface area contributed by atoms with Gasteiger partial charge in [0.25, 0.3) is 0 Å². The lowest BCUT2D eigenvalue weighted by Crippen LogP contribution is -2.19. The Kier molecular flexibility index (Phi) is 18.1. The van der Waals surface area contributed by atoms with Gasteiger partial charge in [0.15, 0.2) is 18.9 Å². The van der Waals surface area contributed by atoms with Crippen LogP contribution in [0.5, 0.6) is 23.0 Å². The number of hydrogen-bond donors (Lipinski definition) is 1. The largest absolute Gasteiger partial charge is 0.507 e. The molecule has 0 saturated heterocycles. The number of phenols is 1. The predicted molar refractivity (Wildman–Crippen MR) is 309 cm³/mol. The molecular formula is C68H82O7. The van der Waals surface area contributed by atoms with Crippen molar-refractivity contribution >= 4 is 0 Å². The van der Waals surface area contributed by atoms with Gasteiger partial charge in [-0.25, -0.2) is 0 Å². The van der Waals surface area contributed by atoms with Crippen molar-refractivity contribution in [3.05, 3.63) is 197 Å². The summed E-state index contributed by atoms with van der Waals surface area (Å²) in [4.78, 5) is 0. The third kappa shape index (κ3) is 11.9. The van der Waals surface area contributed by atoms with E-state index in [1.807, 2.05) is 55.4 Å². The Hall–Kier alpha value is -6.38. The second-order valence-electron chi connectivity index (χ2n) is 20.6. The first-order valence-electron chi connectivity index (χ1n) is 27.0. The van der Waals surface area contributed by atoms with Crippen LogP contribution in [0.3, 0.4) is 0 Å². The van der Waals surface area contributed by atoms with Gasteiger partial charge in [0.1, 0.15) is 23.0 Å². The molecule has 0 radical (unpaired) electrons. The number of hydrogen-bond acceptors (Lipinski definition) is 7. The van der Waals surface area contributed by atoms with E-state index < -0.39 is 0 Å². The molecule has 0 aliphatic carbocycles. The van der Waals surface area contributed by atoms with Gasteiger partial charge in [-0.2, -0.15) is 0 Å². The summed E-state index contributed by atoms with van der Waals surface area (Å²) >= 11 is 0. The molecule has 4 atom stereocenters. The highest BCUT2D eigenvalue weighted by atomic mass is 16.7. The molecule has 0 amide bonds. The van der Waals surface area contributed by atoms with Gasteiger partial charge in [-0.3, -0.25) is 0 Å². The van der Waals surface area contributed by atoms with E-state index in [4.69, 9.17) is 28.4 Å². The van der Waals surface area contributed by atoms with E-state index in [2.05, 4.69) is 166 Å². The zero-order valence-corrected chi connectivity index (χ0v) is 48.1. The number of aromatic hydroxyl groups is 1. The van der Waals surface area contributed by atoms with E-state index in [-0.39, 0.29) is 30.7 Å². The summed E-state index contributed by atoms with van der Waals surface area (Å²) in [5.74, 6) is 2.82. The van der Waals surface area contributed by atoms with Crippen molar-refractivity contribution < 1.29 is 33.5 Å². The molecule has 0 aliphatic heterocycles. The predicted octanol–water partition coefficient (Wildman–Crippen LogP) is 17.1. The average molecular weight is 1010 g/mol.